The fourth-order valence-electron chi connectivity index (χ4n) is 5.28. The van der Waals surface area contributed by atoms with Crippen molar-refractivity contribution in [3.63, 3.8) is 0 Å². The molecule has 1 aliphatic heterocycles. The molecule has 29 heavy (non-hydrogen) atoms. The molecule has 2 heterocycles. The van der Waals surface area contributed by atoms with Gasteiger partial charge >= 0.3 is 0 Å². The highest BCUT2D eigenvalue weighted by atomic mass is 32.2. The van der Waals surface area contributed by atoms with Crippen molar-refractivity contribution >= 4 is 21.0 Å². The Labute approximate surface area is 172 Å². The number of hydrogen-bond acceptors (Lipinski definition) is 3. The number of hydrogen-bond donors (Lipinski definition) is 0. The molecule has 1 saturated heterocycles. The highest BCUT2D eigenvalue weighted by Crippen LogP contribution is 2.67. The van der Waals surface area contributed by atoms with Crippen molar-refractivity contribution in [3.8, 4) is 0 Å². The van der Waals surface area contributed by atoms with Gasteiger partial charge in [0.25, 0.3) is 0 Å². The second-order valence-electron chi connectivity index (χ2n) is 8.65. The van der Waals surface area contributed by atoms with Gasteiger partial charge in [-0.3, -0.25) is 0 Å². The van der Waals surface area contributed by atoms with E-state index in [1.54, 1.807) is 16.4 Å². The van der Waals surface area contributed by atoms with E-state index < -0.39 is 10.0 Å². The van der Waals surface area contributed by atoms with E-state index in [1.165, 1.54) is 6.42 Å². The molecule has 1 aliphatic carbocycles. The Morgan fingerprint density at radius 2 is 1.90 bits per heavy atom. The van der Waals surface area contributed by atoms with Gasteiger partial charge in [0.05, 0.1) is 4.90 Å². The Morgan fingerprint density at radius 3 is 2.62 bits per heavy atom. The van der Waals surface area contributed by atoms with Gasteiger partial charge in [-0.2, -0.15) is 4.31 Å². The minimum Gasteiger partial charge on any atom is -0.460 e. The maximum Gasteiger partial charge on any atom is 0.243 e. The average molecular weight is 410 g/mol. The Hall–Kier alpha value is -2.11. The maximum absolute atomic E-state index is 13.3. The first-order valence-corrected chi connectivity index (χ1v) is 12.0. The van der Waals surface area contributed by atoms with Crippen molar-refractivity contribution in [2.45, 2.75) is 43.4 Å². The number of nitrogens with zero attached hydrogens (tertiary/aromatic N) is 1. The minimum atomic E-state index is -3.49. The lowest BCUT2D eigenvalue weighted by atomic mass is 9.97. The van der Waals surface area contributed by atoms with Crippen LogP contribution < -0.4 is 0 Å². The van der Waals surface area contributed by atoms with Gasteiger partial charge in [0, 0.05) is 23.9 Å². The number of sulfonamides is 1. The molecule has 3 aromatic rings. The molecule has 1 saturated carbocycles. The molecule has 0 N–H and O–H groups in total. The van der Waals surface area contributed by atoms with Crippen LogP contribution in [0.2, 0.25) is 0 Å². The lowest BCUT2D eigenvalue weighted by molar-refractivity contribution is 0.363. The summed E-state index contributed by atoms with van der Waals surface area (Å²) in [5.74, 6) is 1.81. The van der Waals surface area contributed by atoms with Crippen molar-refractivity contribution in [2.24, 2.45) is 11.8 Å². The molecule has 0 bridgehead atoms. The average Bonchev–Trinajstić information content (AvgIpc) is 3.05. The molecule has 0 amide bonds. The SMILES string of the molecule is CCCCC1C2CN(S(=O)(=O)c3ccc(C)cc3)CC12c1cc2ccccc2o1. The number of fused-ring (bicyclic) bond motifs is 2. The maximum atomic E-state index is 13.3. The van der Waals surface area contributed by atoms with Gasteiger partial charge in [-0.15, -0.1) is 0 Å². The monoisotopic (exact) mass is 409 g/mol. The lowest BCUT2D eigenvalue weighted by Crippen LogP contribution is -2.34. The van der Waals surface area contributed by atoms with Crippen LogP contribution in [0.25, 0.3) is 11.0 Å². The molecule has 0 spiro atoms. The first-order chi connectivity index (χ1) is 14.0. The topological polar surface area (TPSA) is 50.5 Å². The zero-order valence-corrected chi connectivity index (χ0v) is 17.8. The van der Waals surface area contributed by atoms with Gasteiger partial charge in [-0.25, -0.2) is 8.42 Å². The number of piperidine rings is 1. The molecular formula is C24H27NO3S. The van der Waals surface area contributed by atoms with E-state index in [-0.39, 0.29) is 5.41 Å². The summed E-state index contributed by atoms with van der Waals surface area (Å²) >= 11 is 0. The molecule has 4 nitrogen and oxygen atoms in total. The summed E-state index contributed by atoms with van der Waals surface area (Å²) in [5, 5.41) is 1.09. The first-order valence-electron chi connectivity index (χ1n) is 10.5. The summed E-state index contributed by atoms with van der Waals surface area (Å²) in [4.78, 5) is 0.384. The normalized spacial score (nSPS) is 26.7. The summed E-state index contributed by atoms with van der Waals surface area (Å²) in [6, 6.07) is 17.3. The summed E-state index contributed by atoms with van der Waals surface area (Å²) in [6.07, 6.45) is 3.47. The minimum absolute atomic E-state index is 0.175. The Morgan fingerprint density at radius 1 is 1.14 bits per heavy atom. The van der Waals surface area contributed by atoms with Crippen LogP contribution in [0.1, 0.15) is 37.5 Å². The smallest absolute Gasteiger partial charge is 0.243 e. The van der Waals surface area contributed by atoms with Crippen molar-refractivity contribution in [3.05, 3.63) is 65.9 Å². The molecule has 5 heteroatoms. The second-order valence-corrected chi connectivity index (χ2v) is 10.6. The highest BCUT2D eigenvalue weighted by Gasteiger charge is 2.72. The number of unbranched alkanes of at least 4 members (excludes halogenated alkanes) is 1. The summed E-state index contributed by atoms with van der Waals surface area (Å²) in [7, 11) is -3.49. The Kier molecular flexibility index (Phi) is 4.37. The summed E-state index contributed by atoms with van der Waals surface area (Å²) in [6.45, 7) is 5.28. The van der Waals surface area contributed by atoms with E-state index in [1.807, 2.05) is 37.3 Å². The van der Waals surface area contributed by atoms with Gasteiger partial charge in [0.1, 0.15) is 11.3 Å². The van der Waals surface area contributed by atoms with Crippen LogP contribution in [-0.4, -0.2) is 25.8 Å². The standard InChI is InChI=1S/C24H27NO3S/c1-3-4-8-20-21-15-25(29(26,27)19-12-10-17(2)11-13-19)16-24(20,21)23-14-18-7-5-6-9-22(18)28-23/h5-7,9-14,20-21H,3-4,8,15-16H2,1-2H3. The van der Waals surface area contributed by atoms with E-state index >= 15 is 0 Å². The van der Waals surface area contributed by atoms with Gasteiger partial charge < -0.3 is 4.42 Å². The molecule has 2 fully saturated rings. The number of benzene rings is 2. The van der Waals surface area contributed by atoms with Crippen LogP contribution in [0.5, 0.6) is 0 Å². The first kappa shape index (κ1) is 18.9. The van der Waals surface area contributed by atoms with Gasteiger partial charge in [-0.1, -0.05) is 55.7 Å². The molecular weight excluding hydrogens is 382 g/mol. The molecule has 152 valence electrons. The molecule has 1 aromatic heterocycles. The van der Waals surface area contributed by atoms with Crippen LogP contribution in [0.3, 0.4) is 0 Å². The lowest BCUT2D eigenvalue weighted by Gasteiger charge is -2.23. The predicted molar refractivity (Wildman–Crippen MR) is 114 cm³/mol. The Bertz CT molecular complexity index is 1120. The van der Waals surface area contributed by atoms with Gasteiger partial charge in [0.2, 0.25) is 10.0 Å². The molecule has 2 aromatic carbocycles. The van der Waals surface area contributed by atoms with E-state index in [9.17, 15) is 8.42 Å². The fourth-order valence-corrected chi connectivity index (χ4v) is 6.80. The van der Waals surface area contributed by atoms with E-state index in [2.05, 4.69) is 19.1 Å². The zero-order chi connectivity index (χ0) is 20.2. The van der Waals surface area contributed by atoms with Crippen LogP contribution in [0.15, 0.2) is 63.9 Å². The van der Waals surface area contributed by atoms with Crippen molar-refractivity contribution in [1.82, 2.24) is 4.31 Å². The van der Waals surface area contributed by atoms with Crippen LogP contribution in [0, 0.1) is 18.8 Å². The number of rotatable bonds is 6. The second kappa shape index (κ2) is 6.71. The third kappa shape index (κ3) is 2.86. The molecule has 3 unspecified atom stereocenters. The molecule has 5 rings (SSSR count). The highest BCUT2D eigenvalue weighted by molar-refractivity contribution is 7.89. The molecule has 3 atom stereocenters. The van der Waals surface area contributed by atoms with E-state index in [0.29, 0.717) is 29.8 Å². The quantitative estimate of drug-likeness (QED) is 0.568. The van der Waals surface area contributed by atoms with Crippen molar-refractivity contribution in [2.75, 3.05) is 13.1 Å². The third-order valence-electron chi connectivity index (χ3n) is 6.95. The predicted octanol–water partition coefficient (Wildman–Crippen LogP) is 5.12. The number of aryl methyl sites for hydroxylation is 1. The summed E-state index contributed by atoms with van der Waals surface area (Å²) < 4.78 is 34.5. The van der Waals surface area contributed by atoms with Crippen molar-refractivity contribution in [1.29, 1.82) is 0 Å². The third-order valence-corrected chi connectivity index (χ3v) is 8.78. The Balaban J connectivity index is 1.49. The largest absolute Gasteiger partial charge is 0.460 e. The van der Waals surface area contributed by atoms with Crippen LogP contribution in [0.4, 0.5) is 0 Å². The van der Waals surface area contributed by atoms with Crippen molar-refractivity contribution < 1.29 is 12.8 Å². The number of furan rings is 1. The summed E-state index contributed by atoms with van der Waals surface area (Å²) in [5.41, 5.74) is 1.77. The van der Waals surface area contributed by atoms with E-state index in [0.717, 1.165) is 35.1 Å². The number of para-hydroxylation sites is 1. The van der Waals surface area contributed by atoms with Crippen LogP contribution in [-0.2, 0) is 15.4 Å². The van der Waals surface area contributed by atoms with Gasteiger partial charge in [-0.05, 0) is 49.4 Å². The van der Waals surface area contributed by atoms with E-state index in [4.69, 9.17) is 4.42 Å². The zero-order valence-electron chi connectivity index (χ0n) is 17.0. The fraction of sp³-hybridized carbons (Fsp3) is 0.417. The molecule has 0 radical (unpaired) electrons. The van der Waals surface area contributed by atoms with Crippen LogP contribution >= 0.6 is 0 Å². The van der Waals surface area contributed by atoms with Gasteiger partial charge in [0.15, 0.2) is 0 Å². The molecule has 2 aliphatic rings.